The Labute approximate surface area is 219 Å². The average Bonchev–Trinajstić information content (AvgIpc) is 2.65. The van der Waals surface area contributed by atoms with Gasteiger partial charge in [-0.25, -0.2) is 6.08 Å². The van der Waals surface area contributed by atoms with Crippen LogP contribution in [0.2, 0.25) is 0 Å². The van der Waals surface area contributed by atoms with Crippen molar-refractivity contribution >= 4 is 0 Å². The third-order valence-corrected chi connectivity index (χ3v) is 3.91. The van der Waals surface area contributed by atoms with Crippen molar-refractivity contribution in [2.45, 2.75) is 81.1 Å². The summed E-state index contributed by atoms with van der Waals surface area (Å²) in [5.74, 6) is 1.93. The molecule has 0 N–H and O–H groups in total. The van der Waals surface area contributed by atoms with Crippen molar-refractivity contribution in [2.75, 3.05) is 19.8 Å². The minimum atomic E-state index is 0. The topological polar surface area (TPSA) is 18.5 Å². The molecule has 0 bridgehead atoms. The van der Waals surface area contributed by atoms with Gasteiger partial charge in [0.2, 0.25) is 0 Å². The Morgan fingerprint density at radius 3 is 2.14 bits per heavy atom. The van der Waals surface area contributed by atoms with Crippen LogP contribution < -0.4 is 51.4 Å². The van der Waals surface area contributed by atoms with Gasteiger partial charge in [0.1, 0.15) is 0 Å². The van der Waals surface area contributed by atoms with Crippen molar-refractivity contribution < 1.29 is 60.9 Å². The van der Waals surface area contributed by atoms with Gasteiger partial charge >= 0.3 is 51.4 Å². The van der Waals surface area contributed by atoms with Crippen LogP contribution in [-0.2, 0) is 9.47 Å². The van der Waals surface area contributed by atoms with E-state index in [4.69, 9.17) is 9.47 Å². The molecule has 2 nitrogen and oxygen atoms in total. The summed E-state index contributed by atoms with van der Waals surface area (Å²) in [6, 6.07) is 0. The van der Waals surface area contributed by atoms with Crippen LogP contribution in [0.1, 0.15) is 81.1 Å². The zero-order valence-electron chi connectivity index (χ0n) is 20.3. The van der Waals surface area contributed by atoms with E-state index >= 15 is 0 Å². The van der Waals surface area contributed by atoms with Gasteiger partial charge in [0.05, 0.1) is 6.61 Å². The molecule has 3 heteroatoms. The van der Waals surface area contributed by atoms with Crippen molar-refractivity contribution in [3.05, 3.63) is 47.8 Å². The molecule has 0 aromatic carbocycles. The minimum absolute atomic E-state index is 0. The van der Waals surface area contributed by atoms with Crippen molar-refractivity contribution in [3.63, 3.8) is 0 Å². The summed E-state index contributed by atoms with van der Waals surface area (Å²) < 4.78 is 11.4. The van der Waals surface area contributed by atoms with Gasteiger partial charge in [0.25, 0.3) is 0 Å². The molecule has 1 atom stereocenters. The summed E-state index contributed by atoms with van der Waals surface area (Å²) in [5, 5.41) is 0. The van der Waals surface area contributed by atoms with E-state index in [0.29, 0.717) is 11.8 Å². The molecule has 0 radical (unpaired) electrons. The molecular formula is C25H45KO2. The smallest absolute Gasteiger partial charge is 0.532 e. The van der Waals surface area contributed by atoms with Crippen molar-refractivity contribution in [2.24, 2.45) is 11.8 Å². The van der Waals surface area contributed by atoms with Crippen molar-refractivity contribution in [1.29, 1.82) is 0 Å². The van der Waals surface area contributed by atoms with E-state index in [2.05, 4.69) is 71.1 Å². The van der Waals surface area contributed by atoms with E-state index in [1.165, 1.54) is 5.57 Å². The quantitative estimate of drug-likeness (QED) is 0.134. The molecule has 0 amide bonds. The zero-order valence-corrected chi connectivity index (χ0v) is 23.4. The average molecular weight is 417 g/mol. The van der Waals surface area contributed by atoms with Crippen molar-refractivity contribution in [3.8, 4) is 0 Å². The number of hydrogen-bond acceptors (Lipinski definition) is 2. The summed E-state index contributed by atoms with van der Waals surface area (Å²) >= 11 is 0. The van der Waals surface area contributed by atoms with E-state index in [1.807, 2.05) is 20.8 Å². The normalized spacial score (nSPS) is 13.5. The Bertz CT molecular complexity index is 434. The van der Waals surface area contributed by atoms with Crippen LogP contribution in [0.5, 0.6) is 0 Å². The van der Waals surface area contributed by atoms with E-state index in [1.54, 1.807) is 0 Å². The molecule has 0 rings (SSSR count). The Kier molecular flexibility index (Phi) is 29.9. The fourth-order valence-electron chi connectivity index (χ4n) is 2.20. The van der Waals surface area contributed by atoms with Gasteiger partial charge in [-0.05, 0) is 38.0 Å². The molecule has 0 aliphatic heterocycles. The maximum Gasteiger partial charge on any atom is 1.00 e. The van der Waals surface area contributed by atoms with E-state index in [9.17, 15) is 0 Å². The Morgan fingerprint density at radius 2 is 1.61 bits per heavy atom. The maximum absolute atomic E-state index is 6.00. The first-order valence-corrected chi connectivity index (χ1v) is 10.9. The van der Waals surface area contributed by atoms with Crippen LogP contribution in [-0.4, -0.2) is 19.8 Å². The van der Waals surface area contributed by atoms with Crippen LogP contribution in [0.4, 0.5) is 0 Å². The SMILES string of the molecule is CC.CC[C-]=C(/C=C(/C=C\C=CCC)C(C)C)OCCC(C)CCOCC.[K+]. The Balaban J connectivity index is -0.00000201. The van der Waals surface area contributed by atoms with Gasteiger partial charge < -0.3 is 9.47 Å². The largest absolute Gasteiger partial charge is 1.00 e. The predicted octanol–water partition coefficient (Wildman–Crippen LogP) is 4.69. The molecule has 0 spiro atoms. The fourth-order valence-corrected chi connectivity index (χ4v) is 2.20. The Hall–Kier alpha value is 0.356. The van der Waals surface area contributed by atoms with Gasteiger partial charge in [0.15, 0.2) is 0 Å². The van der Waals surface area contributed by atoms with E-state index in [-0.39, 0.29) is 51.4 Å². The standard InChI is InChI=1S/C23H39O2.C2H6.K/c1-7-10-11-12-14-22(20(4)5)19-23(13-8-2)25-18-16-21(6)15-17-24-9-3;1-2;/h10-12,14,19-21H,7-9,15-18H2,1-6H3;1-2H3;/q-1;;+1/b11-10?,14-12-,22-19-;;. The first-order valence-electron chi connectivity index (χ1n) is 10.9. The fraction of sp³-hybridized carbons (Fsp3) is 0.680. The maximum atomic E-state index is 6.00. The zero-order chi connectivity index (χ0) is 20.9. The van der Waals surface area contributed by atoms with Crippen LogP contribution >= 0.6 is 0 Å². The number of hydrogen-bond donors (Lipinski definition) is 0. The van der Waals surface area contributed by atoms with Gasteiger partial charge in [-0.15, -0.1) is 12.0 Å². The predicted molar refractivity (Wildman–Crippen MR) is 121 cm³/mol. The summed E-state index contributed by atoms with van der Waals surface area (Å²) in [7, 11) is 0. The number of rotatable bonds is 14. The van der Waals surface area contributed by atoms with Gasteiger partial charge in [-0.2, -0.15) is 6.08 Å². The first kappa shape index (κ1) is 33.0. The molecular weight excluding hydrogens is 371 g/mol. The summed E-state index contributed by atoms with van der Waals surface area (Å²) in [4.78, 5) is 0. The summed E-state index contributed by atoms with van der Waals surface area (Å²) in [6.07, 6.45) is 18.1. The molecule has 0 aliphatic rings. The molecule has 0 heterocycles. The van der Waals surface area contributed by atoms with Gasteiger partial charge in [-0.3, -0.25) is 0 Å². The number of allylic oxidation sites excluding steroid dienone is 7. The van der Waals surface area contributed by atoms with Crippen LogP contribution in [0, 0.1) is 17.9 Å². The van der Waals surface area contributed by atoms with Crippen molar-refractivity contribution in [1.82, 2.24) is 0 Å². The third-order valence-electron chi connectivity index (χ3n) is 3.91. The molecule has 0 fully saturated rings. The monoisotopic (exact) mass is 416 g/mol. The van der Waals surface area contributed by atoms with Gasteiger partial charge in [-0.1, -0.05) is 78.5 Å². The molecule has 0 aromatic heterocycles. The number of ether oxygens (including phenoxy) is 2. The van der Waals surface area contributed by atoms with Crippen LogP contribution in [0.3, 0.4) is 0 Å². The molecule has 0 aromatic rings. The Morgan fingerprint density at radius 1 is 0.964 bits per heavy atom. The molecule has 28 heavy (non-hydrogen) atoms. The second-order valence-corrected chi connectivity index (χ2v) is 6.62. The molecule has 0 aliphatic carbocycles. The summed E-state index contributed by atoms with van der Waals surface area (Å²) in [5.41, 5.74) is 1.26. The summed E-state index contributed by atoms with van der Waals surface area (Å²) in [6.45, 7) is 19.3. The van der Waals surface area contributed by atoms with Crippen LogP contribution in [0.15, 0.2) is 41.7 Å². The molecule has 158 valence electrons. The minimum Gasteiger partial charge on any atom is -0.532 e. The molecule has 0 saturated carbocycles. The second-order valence-electron chi connectivity index (χ2n) is 6.62. The molecule has 0 saturated heterocycles. The third kappa shape index (κ3) is 21.1. The van der Waals surface area contributed by atoms with E-state index < -0.39 is 0 Å². The molecule has 1 unspecified atom stereocenters. The van der Waals surface area contributed by atoms with E-state index in [0.717, 1.165) is 51.3 Å². The first-order chi connectivity index (χ1) is 13.0. The second kappa shape index (κ2) is 25.4. The van der Waals surface area contributed by atoms with Crippen LogP contribution in [0.25, 0.3) is 0 Å². The van der Waals surface area contributed by atoms with Gasteiger partial charge in [0, 0.05) is 13.2 Å².